The van der Waals surface area contributed by atoms with Crippen molar-refractivity contribution in [1.29, 1.82) is 0 Å². The standard InChI is InChI=1S/C14H22N4/c1-3-5-11-17(12-6-4-2)18-14-10-8-7-9-13(14)15-16-18/h7-10H,3-6,11-12H2,1-2H3. The average molecular weight is 246 g/mol. The fraction of sp³-hybridized carbons (Fsp3) is 0.571. The van der Waals surface area contributed by atoms with Crippen molar-refractivity contribution in [2.45, 2.75) is 39.5 Å². The molecule has 0 atom stereocenters. The summed E-state index contributed by atoms with van der Waals surface area (Å²) in [6.07, 6.45) is 4.79. The zero-order valence-corrected chi connectivity index (χ0v) is 11.3. The Morgan fingerprint density at radius 2 is 1.72 bits per heavy atom. The molecule has 0 saturated heterocycles. The molecule has 0 radical (unpaired) electrons. The van der Waals surface area contributed by atoms with Crippen molar-refractivity contribution in [2.75, 3.05) is 18.1 Å². The third-order valence-corrected chi connectivity index (χ3v) is 3.14. The second-order valence-corrected chi connectivity index (χ2v) is 4.63. The Balaban J connectivity index is 2.22. The second-order valence-electron chi connectivity index (χ2n) is 4.63. The third kappa shape index (κ3) is 2.81. The maximum atomic E-state index is 4.29. The van der Waals surface area contributed by atoms with Gasteiger partial charge in [-0.15, -0.1) is 5.10 Å². The van der Waals surface area contributed by atoms with Crippen molar-refractivity contribution < 1.29 is 0 Å². The zero-order chi connectivity index (χ0) is 12.8. The van der Waals surface area contributed by atoms with Crippen molar-refractivity contribution in [1.82, 2.24) is 15.1 Å². The highest BCUT2D eigenvalue weighted by atomic mass is 15.7. The minimum atomic E-state index is 0.968. The Morgan fingerprint density at radius 1 is 1.06 bits per heavy atom. The van der Waals surface area contributed by atoms with Crippen LogP contribution in [0.25, 0.3) is 11.0 Å². The van der Waals surface area contributed by atoms with Crippen molar-refractivity contribution >= 4 is 11.0 Å². The van der Waals surface area contributed by atoms with Crippen LogP contribution in [0.15, 0.2) is 24.3 Å². The quantitative estimate of drug-likeness (QED) is 0.753. The summed E-state index contributed by atoms with van der Waals surface area (Å²) in [5.74, 6) is 0. The van der Waals surface area contributed by atoms with Crippen LogP contribution in [0.5, 0.6) is 0 Å². The topological polar surface area (TPSA) is 34.0 Å². The van der Waals surface area contributed by atoms with Gasteiger partial charge in [-0.2, -0.15) is 4.79 Å². The van der Waals surface area contributed by atoms with E-state index in [0.29, 0.717) is 0 Å². The van der Waals surface area contributed by atoms with Gasteiger partial charge in [0.25, 0.3) is 0 Å². The maximum absolute atomic E-state index is 4.29. The van der Waals surface area contributed by atoms with Crippen LogP contribution in [0.2, 0.25) is 0 Å². The monoisotopic (exact) mass is 246 g/mol. The minimum Gasteiger partial charge on any atom is -0.295 e. The molecule has 0 unspecified atom stereocenters. The first-order chi connectivity index (χ1) is 8.86. The van der Waals surface area contributed by atoms with E-state index < -0.39 is 0 Å². The molecule has 0 fully saturated rings. The first-order valence-corrected chi connectivity index (χ1v) is 6.92. The molecule has 0 spiro atoms. The summed E-state index contributed by atoms with van der Waals surface area (Å²) in [4.78, 5) is 1.97. The van der Waals surface area contributed by atoms with E-state index in [9.17, 15) is 0 Å². The number of unbranched alkanes of at least 4 members (excludes halogenated alkanes) is 2. The van der Waals surface area contributed by atoms with E-state index in [0.717, 1.165) is 24.1 Å². The number of benzene rings is 1. The molecule has 18 heavy (non-hydrogen) atoms. The molecule has 4 heteroatoms. The van der Waals surface area contributed by atoms with Gasteiger partial charge in [-0.05, 0) is 30.2 Å². The molecule has 0 amide bonds. The van der Waals surface area contributed by atoms with Gasteiger partial charge in [0.2, 0.25) is 0 Å². The van der Waals surface area contributed by atoms with Gasteiger partial charge in [-0.25, -0.2) is 0 Å². The van der Waals surface area contributed by atoms with Crippen LogP contribution in [-0.2, 0) is 0 Å². The van der Waals surface area contributed by atoms with Gasteiger partial charge in [-0.1, -0.05) is 38.8 Å². The lowest BCUT2D eigenvalue weighted by Crippen LogP contribution is -2.37. The van der Waals surface area contributed by atoms with Crippen LogP contribution in [0, 0.1) is 0 Å². The number of nitrogens with zero attached hydrogens (tertiary/aromatic N) is 4. The molecular formula is C14H22N4. The molecule has 2 aromatic rings. The summed E-state index contributed by atoms with van der Waals surface area (Å²) in [7, 11) is 0. The number of fused-ring (bicyclic) bond motifs is 1. The molecule has 0 bridgehead atoms. The zero-order valence-electron chi connectivity index (χ0n) is 11.3. The lowest BCUT2D eigenvalue weighted by molar-refractivity contribution is 0.500. The van der Waals surface area contributed by atoms with Crippen molar-refractivity contribution in [3.05, 3.63) is 24.3 Å². The molecule has 4 nitrogen and oxygen atoms in total. The van der Waals surface area contributed by atoms with E-state index >= 15 is 0 Å². The van der Waals surface area contributed by atoms with Crippen molar-refractivity contribution in [3.8, 4) is 0 Å². The molecule has 98 valence electrons. The minimum absolute atomic E-state index is 0.968. The Kier molecular flexibility index (Phi) is 4.56. The van der Waals surface area contributed by atoms with E-state index in [1.165, 1.54) is 25.7 Å². The molecule has 0 N–H and O–H groups in total. The number of para-hydroxylation sites is 1. The summed E-state index contributed by atoms with van der Waals surface area (Å²) in [6.45, 7) is 6.53. The van der Waals surface area contributed by atoms with Crippen molar-refractivity contribution in [3.63, 3.8) is 0 Å². The predicted molar refractivity (Wildman–Crippen MR) is 75.3 cm³/mol. The molecule has 0 aliphatic heterocycles. The molecular weight excluding hydrogens is 224 g/mol. The van der Waals surface area contributed by atoms with Crippen molar-refractivity contribution in [2.24, 2.45) is 0 Å². The second kappa shape index (κ2) is 6.38. The Morgan fingerprint density at radius 3 is 2.39 bits per heavy atom. The lowest BCUT2D eigenvalue weighted by atomic mass is 10.3. The normalized spacial score (nSPS) is 11.0. The van der Waals surface area contributed by atoms with Gasteiger partial charge in [-0.3, -0.25) is 5.01 Å². The molecule has 1 aromatic carbocycles. The summed E-state index contributed by atoms with van der Waals surface area (Å²) in [6, 6.07) is 8.14. The van der Waals surface area contributed by atoms with Crippen LogP contribution >= 0.6 is 0 Å². The molecule has 1 heterocycles. The third-order valence-electron chi connectivity index (χ3n) is 3.14. The number of aromatic nitrogens is 3. The highest BCUT2D eigenvalue weighted by molar-refractivity contribution is 5.74. The number of rotatable bonds is 7. The van der Waals surface area contributed by atoms with Crippen LogP contribution < -0.4 is 5.01 Å². The van der Waals surface area contributed by atoms with E-state index in [2.05, 4.69) is 35.2 Å². The van der Waals surface area contributed by atoms with E-state index in [1.807, 2.05) is 23.0 Å². The Hall–Kier alpha value is -1.58. The van der Waals surface area contributed by atoms with Crippen LogP contribution in [0.1, 0.15) is 39.5 Å². The van der Waals surface area contributed by atoms with Crippen LogP contribution in [0.4, 0.5) is 0 Å². The van der Waals surface area contributed by atoms with Gasteiger partial charge >= 0.3 is 0 Å². The van der Waals surface area contributed by atoms with Gasteiger partial charge < -0.3 is 0 Å². The summed E-state index contributed by atoms with van der Waals surface area (Å²) in [5.41, 5.74) is 2.07. The maximum Gasteiger partial charge on any atom is 0.115 e. The fourth-order valence-corrected chi connectivity index (χ4v) is 2.05. The van der Waals surface area contributed by atoms with Gasteiger partial charge in [0.1, 0.15) is 11.0 Å². The molecule has 0 saturated carbocycles. The van der Waals surface area contributed by atoms with E-state index in [4.69, 9.17) is 0 Å². The molecule has 0 aliphatic rings. The first-order valence-electron chi connectivity index (χ1n) is 6.92. The Bertz CT molecular complexity index is 469. The SMILES string of the molecule is CCCCN(CCCC)n1nnc2ccccc21. The highest BCUT2D eigenvalue weighted by Crippen LogP contribution is 2.11. The highest BCUT2D eigenvalue weighted by Gasteiger charge is 2.10. The molecule has 1 aromatic heterocycles. The van der Waals surface area contributed by atoms with E-state index in [1.54, 1.807) is 0 Å². The largest absolute Gasteiger partial charge is 0.295 e. The first kappa shape index (κ1) is 12.9. The summed E-state index contributed by atoms with van der Waals surface area (Å²) < 4.78 is 0. The summed E-state index contributed by atoms with van der Waals surface area (Å²) >= 11 is 0. The Labute approximate surface area is 109 Å². The molecule has 0 aliphatic carbocycles. The van der Waals surface area contributed by atoms with Gasteiger partial charge in [0.15, 0.2) is 0 Å². The molecule has 2 rings (SSSR count). The van der Waals surface area contributed by atoms with Crippen LogP contribution in [-0.4, -0.2) is 28.2 Å². The van der Waals surface area contributed by atoms with Gasteiger partial charge in [0, 0.05) is 13.1 Å². The predicted octanol–water partition coefficient (Wildman–Crippen LogP) is 2.97. The van der Waals surface area contributed by atoms with Gasteiger partial charge in [0.05, 0.1) is 0 Å². The van der Waals surface area contributed by atoms with Crippen LogP contribution in [0.3, 0.4) is 0 Å². The van der Waals surface area contributed by atoms with E-state index in [-0.39, 0.29) is 0 Å². The average Bonchev–Trinajstić information content (AvgIpc) is 2.83. The lowest BCUT2D eigenvalue weighted by Gasteiger charge is -2.24. The number of hydrogen-bond acceptors (Lipinski definition) is 3. The summed E-state index contributed by atoms with van der Waals surface area (Å²) in [5, 5.41) is 10.8. The smallest absolute Gasteiger partial charge is 0.115 e. The fourth-order valence-electron chi connectivity index (χ4n) is 2.05. The number of hydrogen-bond donors (Lipinski definition) is 0.